The molecule has 0 saturated carbocycles. The first kappa shape index (κ1) is 13.4. The van der Waals surface area contributed by atoms with Crippen LogP contribution in [0.2, 0.25) is 0 Å². The number of benzene rings is 1. The van der Waals surface area contributed by atoms with Crippen LogP contribution >= 0.6 is 35.7 Å². The maximum absolute atomic E-state index is 5.44. The average molecular weight is 321 g/mol. The van der Waals surface area contributed by atoms with Crippen LogP contribution < -0.4 is 5.73 Å². The summed E-state index contributed by atoms with van der Waals surface area (Å²) in [6.45, 7) is 0. The van der Waals surface area contributed by atoms with Gasteiger partial charge >= 0.3 is 0 Å². The fourth-order valence-corrected chi connectivity index (χ4v) is 0.861. The molecule has 14 heavy (non-hydrogen) atoms. The summed E-state index contributed by atoms with van der Waals surface area (Å²) in [6.07, 6.45) is 3.53. The zero-order valence-corrected chi connectivity index (χ0v) is 10.9. The molecular formula is C9H12IN3S. The minimum Gasteiger partial charge on any atom is -0.377 e. The molecule has 0 aliphatic carbocycles. The van der Waals surface area contributed by atoms with E-state index in [0.717, 1.165) is 5.56 Å². The van der Waals surface area contributed by atoms with Crippen molar-refractivity contribution in [3.05, 3.63) is 35.9 Å². The van der Waals surface area contributed by atoms with Crippen molar-refractivity contribution in [3.8, 4) is 0 Å². The quantitative estimate of drug-likeness (QED) is 0.393. The molecule has 0 aromatic heterocycles. The van der Waals surface area contributed by atoms with E-state index in [1.54, 1.807) is 6.21 Å². The molecule has 0 spiro atoms. The van der Waals surface area contributed by atoms with Crippen molar-refractivity contribution in [1.82, 2.24) is 0 Å². The average Bonchev–Trinajstić information content (AvgIpc) is 2.19. The highest BCUT2D eigenvalue weighted by molar-refractivity contribution is 14.0. The van der Waals surface area contributed by atoms with Gasteiger partial charge in [0.15, 0.2) is 5.17 Å². The van der Waals surface area contributed by atoms with Crippen molar-refractivity contribution in [2.45, 2.75) is 0 Å². The molecule has 3 nitrogen and oxygen atoms in total. The Morgan fingerprint density at radius 1 is 1.36 bits per heavy atom. The second-order valence-electron chi connectivity index (χ2n) is 2.30. The summed E-state index contributed by atoms with van der Waals surface area (Å²) in [5.41, 5.74) is 6.45. The number of thioether (sulfide) groups is 1. The van der Waals surface area contributed by atoms with E-state index < -0.39 is 0 Å². The van der Waals surface area contributed by atoms with Crippen molar-refractivity contribution in [2.75, 3.05) is 6.26 Å². The van der Waals surface area contributed by atoms with Crippen molar-refractivity contribution in [2.24, 2.45) is 15.9 Å². The Balaban J connectivity index is 0.00000169. The summed E-state index contributed by atoms with van der Waals surface area (Å²) in [6, 6.07) is 9.76. The third-order valence-electron chi connectivity index (χ3n) is 1.37. The van der Waals surface area contributed by atoms with Gasteiger partial charge in [-0.2, -0.15) is 5.10 Å². The Labute approximate surface area is 105 Å². The van der Waals surface area contributed by atoms with Gasteiger partial charge in [0.2, 0.25) is 0 Å². The van der Waals surface area contributed by atoms with E-state index in [4.69, 9.17) is 5.73 Å². The van der Waals surface area contributed by atoms with E-state index in [-0.39, 0.29) is 24.0 Å². The van der Waals surface area contributed by atoms with E-state index in [2.05, 4.69) is 10.2 Å². The van der Waals surface area contributed by atoms with Gasteiger partial charge < -0.3 is 5.73 Å². The number of hydrogen-bond donors (Lipinski definition) is 1. The minimum absolute atomic E-state index is 0. The van der Waals surface area contributed by atoms with Crippen LogP contribution in [-0.2, 0) is 0 Å². The van der Waals surface area contributed by atoms with Gasteiger partial charge in [0.05, 0.1) is 6.21 Å². The molecule has 0 saturated heterocycles. The van der Waals surface area contributed by atoms with Crippen molar-refractivity contribution < 1.29 is 0 Å². The Morgan fingerprint density at radius 3 is 2.57 bits per heavy atom. The summed E-state index contributed by atoms with van der Waals surface area (Å²) in [5.74, 6) is 0. The number of nitrogens with two attached hydrogens (primary N) is 1. The van der Waals surface area contributed by atoms with Gasteiger partial charge in [0.1, 0.15) is 0 Å². The third-order valence-corrected chi connectivity index (χ3v) is 1.87. The molecular weight excluding hydrogens is 309 g/mol. The lowest BCUT2D eigenvalue weighted by Crippen LogP contribution is -2.03. The molecule has 2 N–H and O–H groups in total. The van der Waals surface area contributed by atoms with Gasteiger partial charge in [-0.25, -0.2) is 0 Å². The molecule has 0 bridgehead atoms. The first-order valence-electron chi connectivity index (χ1n) is 3.78. The molecule has 0 aliphatic heterocycles. The number of rotatable bonds is 2. The first-order valence-corrected chi connectivity index (χ1v) is 5.01. The normalized spacial score (nSPS) is 11.4. The molecule has 0 amide bonds. The lowest BCUT2D eigenvalue weighted by molar-refractivity contribution is 1.25. The van der Waals surface area contributed by atoms with Gasteiger partial charge in [-0.15, -0.1) is 29.1 Å². The standard InChI is InChI=1S/C9H11N3S.HI/c1-13-9(10)12-11-7-8-5-3-2-4-6-8;/h2-7H,1H3,(H2,10,12);1H/b11-7-;. The van der Waals surface area contributed by atoms with Crippen molar-refractivity contribution >= 4 is 47.1 Å². The van der Waals surface area contributed by atoms with Gasteiger partial charge in [-0.3, -0.25) is 0 Å². The van der Waals surface area contributed by atoms with Crippen molar-refractivity contribution in [3.63, 3.8) is 0 Å². The predicted molar refractivity (Wildman–Crippen MR) is 74.6 cm³/mol. The summed E-state index contributed by atoms with van der Waals surface area (Å²) in [5, 5.41) is 8.06. The van der Waals surface area contributed by atoms with Crippen LogP contribution in [0.25, 0.3) is 0 Å². The number of halogens is 1. The molecule has 1 aromatic carbocycles. The van der Waals surface area contributed by atoms with Crippen LogP contribution in [0.15, 0.2) is 40.5 Å². The lowest BCUT2D eigenvalue weighted by atomic mass is 10.2. The molecule has 0 radical (unpaired) electrons. The number of amidine groups is 1. The molecule has 76 valence electrons. The van der Waals surface area contributed by atoms with Crippen LogP contribution in [0.5, 0.6) is 0 Å². The molecule has 0 fully saturated rings. The Kier molecular flexibility index (Phi) is 7.50. The fraction of sp³-hybridized carbons (Fsp3) is 0.111. The highest BCUT2D eigenvalue weighted by Crippen LogP contribution is 1.95. The van der Waals surface area contributed by atoms with E-state index in [1.807, 2.05) is 36.6 Å². The largest absolute Gasteiger partial charge is 0.377 e. The fourth-order valence-electron chi connectivity index (χ4n) is 0.732. The van der Waals surface area contributed by atoms with Crippen LogP contribution in [0.4, 0.5) is 0 Å². The topological polar surface area (TPSA) is 50.7 Å². The summed E-state index contributed by atoms with van der Waals surface area (Å²) < 4.78 is 0. The highest BCUT2D eigenvalue weighted by Gasteiger charge is 1.84. The smallest absolute Gasteiger partial charge is 0.180 e. The maximum Gasteiger partial charge on any atom is 0.180 e. The SMILES string of the molecule is CS/C(N)=N\N=C/c1ccccc1.I. The van der Waals surface area contributed by atoms with E-state index in [1.165, 1.54) is 11.8 Å². The van der Waals surface area contributed by atoms with Crippen LogP contribution in [0.1, 0.15) is 5.56 Å². The third kappa shape index (κ3) is 5.23. The zero-order valence-electron chi connectivity index (χ0n) is 7.75. The van der Waals surface area contributed by atoms with E-state index in [0.29, 0.717) is 5.17 Å². The van der Waals surface area contributed by atoms with Gasteiger partial charge in [-0.05, 0) is 11.8 Å². The zero-order chi connectivity index (χ0) is 9.52. The summed E-state index contributed by atoms with van der Waals surface area (Å²) >= 11 is 1.37. The Hall–Kier alpha value is -0.560. The molecule has 1 aromatic rings. The molecule has 1 rings (SSSR count). The highest BCUT2D eigenvalue weighted by atomic mass is 127. The molecule has 0 aliphatic rings. The summed E-state index contributed by atoms with van der Waals surface area (Å²) in [7, 11) is 0. The van der Waals surface area contributed by atoms with E-state index >= 15 is 0 Å². The molecule has 0 heterocycles. The molecule has 5 heteroatoms. The van der Waals surface area contributed by atoms with Crippen molar-refractivity contribution in [1.29, 1.82) is 0 Å². The Morgan fingerprint density at radius 2 is 2.00 bits per heavy atom. The second-order valence-corrected chi connectivity index (χ2v) is 3.12. The number of hydrogen-bond acceptors (Lipinski definition) is 3. The van der Waals surface area contributed by atoms with Crippen LogP contribution in [-0.4, -0.2) is 17.6 Å². The van der Waals surface area contributed by atoms with Crippen LogP contribution in [0.3, 0.4) is 0 Å². The van der Waals surface area contributed by atoms with E-state index in [9.17, 15) is 0 Å². The predicted octanol–water partition coefficient (Wildman–Crippen LogP) is 2.32. The minimum atomic E-state index is 0. The Bertz CT molecular complexity index is 311. The van der Waals surface area contributed by atoms with Gasteiger partial charge in [-0.1, -0.05) is 42.1 Å². The van der Waals surface area contributed by atoms with Gasteiger partial charge in [0.25, 0.3) is 0 Å². The first-order chi connectivity index (χ1) is 6.33. The monoisotopic (exact) mass is 321 g/mol. The van der Waals surface area contributed by atoms with Gasteiger partial charge in [0, 0.05) is 0 Å². The maximum atomic E-state index is 5.44. The number of nitrogens with zero attached hydrogens (tertiary/aromatic N) is 2. The molecule has 0 unspecified atom stereocenters. The second kappa shape index (κ2) is 7.81. The lowest BCUT2D eigenvalue weighted by Gasteiger charge is -1.89. The summed E-state index contributed by atoms with van der Waals surface area (Å²) in [4.78, 5) is 0. The van der Waals surface area contributed by atoms with Crippen LogP contribution in [0, 0.1) is 0 Å². The molecule has 0 atom stereocenters.